The van der Waals surface area contributed by atoms with Crippen molar-refractivity contribution in [1.29, 1.82) is 0 Å². The Bertz CT molecular complexity index is 1270. The summed E-state index contributed by atoms with van der Waals surface area (Å²) in [5.41, 5.74) is 2.64. The predicted octanol–water partition coefficient (Wildman–Crippen LogP) is 2.26. The second-order valence-electron chi connectivity index (χ2n) is 8.85. The first-order valence-electron chi connectivity index (χ1n) is 10.8. The maximum atomic E-state index is 13.7. The number of nitrogens with zero attached hydrogens (tertiary/aromatic N) is 5. The van der Waals surface area contributed by atoms with E-state index in [1.807, 2.05) is 31.2 Å². The van der Waals surface area contributed by atoms with Crippen LogP contribution in [0, 0.1) is 13.8 Å². The normalized spacial score (nSPS) is 19.5. The number of aromatic nitrogens is 2. The van der Waals surface area contributed by atoms with Crippen LogP contribution in [0.2, 0.25) is 0 Å². The molecule has 0 aliphatic carbocycles. The largest absolute Gasteiger partial charge is 0.364 e. The maximum Gasteiger partial charge on any atom is 0.272 e. The van der Waals surface area contributed by atoms with Crippen LogP contribution in [0.5, 0.6) is 0 Å². The van der Waals surface area contributed by atoms with E-state index >= 15 is 0 Å². The average Bonchev–Trinajstić information content (AvgIpc) is 3.50. The van der Waals surface area contributed by atoms with Crippen LogP contribution in [-0.2, 0) is 12.2 Å². The lowest BCUT2D eigenvalue weighted by atomic mass is 9.93. The SMILES string of the molecule is Cc1ccc(C23Cn4cc(C(=O)N(C)C)cc4C(=O)N2CCN3C(=O)c2conc2C)cc1. The maximum absolute atomic E-state index is 13.7. The highest BCUT2D eigenvalue weighted by Gasteiger charge is 2.56. The van der Waals surface area contributed by atoms with Crippen molar-refractivity contribution >= 4 is 17.7 Å². The van der Waals surface area contributed by atoms with Crippen molar-refractivity contribution in [2.24, 2.45) is 0 Å². The molecule has 0 N–H and O–H groups in total. The van der Waals surface area contributed by atoms with E-state index in [1.165, 1.54) is 11.2 Å². The first-order chi connectivity index (χ1) is 15.7. The Morgan fingerprint density at radius 2 is 1.85 bits per heavy atom. The summed E-state index contributed by atoms with van der Waals surface area (Å²) in [5, 5.41) is 3.86. The fourth-order valence-electron chi connectivity index (χ4n) is 4.86. The Morgan fingerprint density at radius 3 is 2.48 bits per heavy atom. The fraction of sp³-hybridized carbons (Fsp3) is 0.333. The summed E-state index contributed by atoms with van der Waals surface area (Å²) in [6.45, 7) is 4.78. The number of hydrogen-bond acceptors (Lipinski definition) is 5. The van der Waals surface area contributed by atoms with Crippen molar-refractivity contribution < 1.29 is 18.9 Å². The number of carbonyl (C=O) groups is 3. The van der Waals surface area contributed by atoms with Gasteiger partial charge in [-0.25, -0.2) is 0 Å². The third-order valence-electron chi connectivity index (χ3n) is 6.58. The molecule has 1 aromatic carbocycles. The molecule has 1 fully saturated rings. The third-order valence-corrected chi connectivity index (χ3v) is 6.58. The second kappa shape index (κ2) is 7.33. The number of amides is 3. The van der Waals surface area contributed by atoms with E-state index in [2.05, 4.69) is 5.16 Å². The molecule has 0 bridgehead atoms. The summed E-state index contributed by atoms with van der Waals surface area (Å²) in [4.78, 5) is 44.9. The Morgan fingerprint density at radius 1 is 1.12 bits per heavy atom. The number of hydrogen-bond donors (Lipinski definition) is 0. The molecule has 9 heteroatoms. The molecule has 0 saturated carbocycles. The van der Waals surface area contributed by atoms with Crippen LogP contribution in [0.15, 0.2) is 47.3 Å². The number of rotatable bonds is 3. The molecule has 4 heterocycles. The van der Waals surface area contributed by atoms with Crippen molar-refractivity contribution in [1.82, 2.24) is 24.4 Å². The van der Waals surface area contributed by atoms with Gasteiger partial charge in [-0.3, -0.25) is 14.4 Å². The Labute approximate surface area is 191 Å². The number of benzene rings is 1. The van der Waals surface area contributed by atoms with Gasteiger partial charge in [0.15, 0.2) is 5.66 Å². The second-order valence-corrected chi connectivity index (χ2v) is 8.85. The van der Waals surface area contributed by atoms with Gasteiger partial charge in [0.25, 0.3) is 17.7 Å². The van der Waals surface area contributed by atoms with Gasteiger partial charge < -0.3 is 23.8 Å². The number of carbonyl (C=O) groups excluding carboxylic acids is 3. The van der Waals surface area contributed by atoms with Crippen LogP contribution in [-0.4, -0.2) is 69.3 Å². The van der Waals surface area contributed by atoms with E-state index in [0.29, 0.717) is 42.1 Å². The van der Waals surface area contributed by atoms with Crippen LogP contribution in [0.3, 0.4) is 0 Å². The molecule has 1 atom stereocenters. The lowest BCUT2D eigenvalue weighted by Crippen LogP contribution is -2.60. The van der Waals surface area contributed by atoms with Crippen LogP contribution in [0.1, 0.15) is 48.0 Å². The minimum atomic E-state index is -1.03. The Balaban J connectivity index is 1.67. The first-order valence-corrected chi connectivity index (χ1v) is 10.8. The Kier molecular flexibility index (Phi) is 4.66. The van der Waals surface area contributed by atoms with Crippen LogP contribution in [0.25, 0.3) is 0 Å². The van der Waals surface area contributed by atoms with Gasteiger partial charge in [-0.15, -0.1) is 0 Å². The van der Waals surface area contributed by atoms with Crippen molar-refractivity contribution in [2.45, 2.75) is 26.1 Å². The lowest BCUT2D eigenvalue weighted by molar-refractivity contribution is -0.00600. The van der Waals surface area contributed by atoms with Crippen molar-refractivity contribution in [3.8, 4) is 0 Å². The first kappa shape index (κ1) is 21.0. The molecule has 0 spiro atoms. The molecule has 2 aromatic heterocycles. The molecule has 3 amide bonds. The Hall–Kier alpha value is -3.88. The van der Waals surface area contributed by atoms with Crippen molar-refractivity contribution in [3.63, 3.8) is 0 Å². The van der Waals surface area contributed by atoms with E-state index in [4.69, 9.17) is 4.52 Å². The molecule has 33 heavy (non-hydrogen) atoms. The van der Waals surface area contributed by atoms with Crippen molar-refractivity contribution in [2.75, 3.05) is 27.2 Å². The molecule has 0 radical (unpaired) electrons. The summed E-state index contributed by atoms with van der Waals surface area (Å²) in [7, 11) is 3.35. The topological polar surface area (TPSA) is 91.9 Å². The zero-order chi connectivity index (χ0) is 23.5. The molecule has 1 unspecified atom stereocenters. The highest BCUT2D eigenvalue weighted by atomic mass is 16.5. The van der Waals surface area contributed by atoms with E-state index < -0.39 is 5.66 Å². The van der Waals surface area contributed by atoms with Crippen molar-refractivity contribution in [3.05, 3.63) is 76.4 Å². The van der Waals surface area contributed by atoms with Crippen LogP contribution >= 0.6 is 0 Å². The minimum absolute atomic E-state index is 0.178. The van der Waals surface area contributed by atoms with Gasteiger partial charge in [0.1, 0.15) is 17.5 Å². The van der Waals surface area contributed by atoms with Gasteiger partial charge in [-0.05, 0) is 25.5 Å². The highest BCUT2D eigenvalue weighted by Crippen LogP contribution is 2.44. The number of aryl methyl sites for hydroxylation is 2. The minimum Gasteiger partial charge on any atom is -0.364 e. The van der Waals surface area contributed by atoms with E-state index in [1.54, 1.807) is 47.6 Å². The number of fused-ring (bicyclic) bond motifs is 2. The molecular formula is C24H25N5O4. The lowest BCUT2D eigenvalue weighted by Gasteiger charge is -2.47. The molecule has 9 nitrogen and oxygen atoms in total. The van der Waals surface area contributed by atoms with Gasteiger partial charge in [0.05, 0.1) is 17.8 Å². The standard InChI is InChI=1S/C24H25N5O4/c1-15-5-7-18(8-6-15)24-14-27-12-17(21(30)26(3)4)11-20(27)23(32)29(24)10-9-28(24)22(31)19-13-33-25-16(19)2/h5-8,11-13H,9-10,14H2,1-4H3. The summed E-state index contributed by atoms with van der Waals surface area (Å²) < 4.78 is 6.81. The molecule has 3 aromatic rings. The summed E-state index contributed by atoms with van der Waals surface area (Å²) in [6.07, 6.45) is 3.05. The van der Waals surface area contributed by atoms with Gasteiger partial charge in [-0.2, -0.15) is 0 Å². The summed E-state index contributed by atoms with van der Waals surface area (Å²) >= 11 is 0. The summed E-state index contributed by atoms with van der Waals surface area (Å²) in [6, 6.07) is 9.51. The predicted molar refractivity (Wildman–Crippen MR) is 119 cm³/mol. The zero-order valence-electron chi connectivity index (χ0n) is 19.0. The van der Waals surface area contributed by atoms with Gasteiger partial charge in [0.2, 0.25) is 0 Å². The van der Waals surface area contributed by atoms with E-state index in [9.17, 15) is 14.4 Å². The van der Waals surface area contributed by atoms with Gasteiger partial charge in [-0.1, -0.05) is 35.0 Å². The molecule has 2 aliphatic rings. The molecular weight excluding hydrogens is 422 g/mol. The quantitative estimate of drug-likeness (QED) is 0.614. The van der Waals surface area contributed by atoms with E-state index in [-0.39, 0.29) is 17.7 Å². The third kappa shape index (κ3) is 2.99. The molecule has 170 valence electrons. The highest BCUT2D eigenvalue weighted by molar-refractivity contribution is 6.01. The molecule has 1 saturated heterocycles. The average molecular weight is 447 g/mol. The fourth-order valence-corrected chi connectivity index (χ4v) is 4.86. The monoisotopic (exact) mass is 447 g/mol. The summed E-state index contributed by atoms with van der Waals surface area (Å²) in [5.74, 6) is -0.635. The van der Waals surface area contributed by atoms with Crippen LogP contribution in [0.4, 0.5) is 0 Å². The smallest absolute Gasteiger partial charge is 0.272 e. The molecule has 2 aliphatic heterocycles. The molecule has 5 rings (SSSR count). The van der Waals surface area contributed by atoms with Crippen LogP contribution < -0.4 is 0 Å². The zero-order valence-corrected chi connectivity index (χ0v) is 19.0. The van der Waals surface area contributed by atoms with E-state index in [0.717, 1.165) is 11.1 Å². The van der Waals surface area contributed by atoms with Gasteiger partial charge >= 0.3 is 0 Å². The van der Waals surface area contributed by atoms with Gasteiger partial charge in [0, 0.05) is 33.4 Å².